The van der Waals surface area contributed by atoms with Crippen LogP contribution in [0.1, 0.15) is 11.1 Å². The third kappa shape index (κ3) is 3.11. The Kier molecular flexibility index (Phi) is 5.18. The molecular formula is C25H18NOY-. The van der Waals surface area contributed by atoms with Crippen LogP contribution in [0.4, 0.5) is 5.69 Å². The minimum atomic E-state index is 0. The summed E-state index contributed by atoms with van der Waals surface area (Å²) in [6, 6.07) is 28.1. The summed E-state index contributed by atoms with van der Waals surface area (Å²) in [6.07, 6.45) is 3.49. The van der Waals surface area contributed by atoms with Gasteiger partial charge in [-0.05, 0) is 16.3 Å². The molecule has 0 saturated heterocycles. The molecule has 0 unspecified atom stereocenters. The number of benzene rings is 4. The number of aryl methyl sites for hydroxylation is 1. The third-order valence-electron chi connectivity index (χ3n) is 5.07. The SMILES string of the molecule is Cc1ccc2c(oc3c4ccccc4ccc23)c1[C-]=[N+](C)c1[c-]cccc1.[Y]. The van der Waals surface area contributed by atoms with Gasteiger partial charge in [-0.2, -0.15) is 24.3 Å². The fourth-order valence-electron chi connectivity index (χ4n) is 3.63. The molecule has 5 aromatic rings. The number of hydrogen-bond donors (Lipinski definition) is 0. The van der Waals surface area contributed by atoms with E-state index in [1.807, 2.05) is 35.9 Å². The molecule has 0 aliphatic carbocycles. The maximum atomic E-state index is 6.42. The number of rotatable bonds is 2. The Morgan fingerprint density at radius 1 is 0.821 bits per heavy atom. The van der Waals surface area contributed by atoms with Gasteiger partial charge in [0, 0.05) is 49.2 Å². The summed E-state index contributed by atoms with van der Waals surface area (Å²) in [5.74, 6) is 0. The fourth-order valence-corrected chi connectivity index (χ4v) is 3.63. The van der Waals surface area contributed by atoms with E-state index in [1.165, 1.54) is 5.39 Å². The first-order valence-corrected chi connectivity index (χ1v) is 9.03. The average Bonchev–Trinajstić information content (AvgIpc) is 3.10. The minimum absolute atomic E-state index is 0. The van der Waals surface area contributed by atoms with Crippen molar-refractivity contribution in [3.05, 3.63) is 90.0 Å². The zero-order valence-corrected chi connectivity index (χ0v) is 18.7. The van der Waals surface area contributed by atoms with E-state index in [1.54, 1.807) is 0 Å². The van der Waals surface area contributed by atoms with Crippen molar-refractivity contribution < 1.29 is 41.7 Å². The monoisotopic (exact) mass is 437 g/mol. The molecule has 1 radical (unpaired) electrons. The van der Waals surface area contributed by atoms with Gasteiger partial charge in [-0.1, -0.05) is 49.4 Å². The van der Waals surface area contributed by atoms with Gasteiger partial charge < -0.3 is 4.42 Å². The molecule has 0 aliphatic rings. The van der Waals surface area contributed by atoms with Crippen molar-refractivity contribution >= 4 is 44.6 Å². The van der Waals surface area contributed by atoms with Crippen LogP contribution >= 0.6 is 0 Å². The number of hydrogen-bond acceptors (Lipinski definition) is 1. The van der Waals surface area contributed by atoms with Crippen LogP contribution in [-0.4, -0.2) is 17.8 Å². The van der Waals surface area contributed by atoms with E-state index in [9.17, 15) is 0 Å². The number of furan rings is 1. The van der Waals surface area contributed by atoms with Gasteiger partial charge in [-0.15, -0.1) is 17.7 Å². The second-order valence-corrected chi connectivity index (χ2v) is 6.82. The molecule has 1 heterocycles. The van der Waals surface area contributed by atoms with Crippen LogP contribution < -0.4 is 0 Å². The molecule has 133 valence electrons. The van der Waals surface area contributed by atoms with Gasteiger partial charge in [0.25, 0.3) is 0 Å². The van der Waals surface area contributed by atoms with Gasteiger partial charge in [-0.3, -0.25) is 4.58 Å². The Hall–Kier alpha value is -2.29. The molecular weight excluding hydrogens is 419 g/mol. The van der Waals surface area contributed by atoms with Crippen molar-refractivity contribution in [2.75, 3.05) is 7.05 Å². The predicted octanol–water partition coefficient (Wildman–Crippen LogP) is 6.12. The second-order valence-electron chi connectivity index (χ2n) is 6.82. The van der Waals surface area contributed by atoms with Crippen LogP contribution in [0.25, 0.3) is 32.7 Å². The molecule has 3 heteroatoms. The van der Waals surface area contributed by atoms with Crippen LogP contribution in [0.3, 0.4) is 0 Å². The quantitative estimate of drug-likeness (QED) is 0.185. The van der Waals surface area contributed by atoms with E-state index in [2.05, 4.69) is 67.7 Å². The van der Waals surface area contributed by atoms with Crippen LogP contribution in [0.5, 0.6) is 0 Å². The first kappa shape index (κ1) is 19.0. The molecule has 4 aromatic carbocycles. The smallest absolute Gasteiger partial charge is 0.155 e. The first-order valence-electron chi connectivity index (χ1n) is 9.03. The summed E-state index contributed by atoms with van der Waals surface area (Å²) < 4.78 is 8.38. The Balaban J connectivity index is 0.00000192. The molecule has 0 fully saturated rings. The van der Waals surface area contributed by atoms with E-state index in [0.29, 0.717) is 0 Å². The standard InChI is InChI=1S/C25H18NO.Y/c1-17-12-14-21-22-15-13-18-8-6-7-11-20(18)24(22)27-25(21)23(17)16-26(2)19-9-4-3-5-10-19;/h3-9,11-15H,1-2H3;/q-1;. The molecule has 28 heavy (non-hydrogen) atoms. The molecule has 2 nitrogen and oxygen atoms in total. The Morgan fingerprint density at radius 2 is 1.57 bits per heavy atom. The summed E-state index contributed by atoms with van der Waals surface area (Å²) in [5.41, 5.74) is 4.89. The summed E-state index contributed by atoms with van der Waals surface area (Å²) in [7, 11) is 1.99. The zero-order valence-electron chi connectivity index (χ0n) is 15.9. The van der Waals surface area contributed by atoms with Crippen LogP contribution in [0.2, 0.25) is 0 Å². The summed E-state index contributed by atoms with van der Waals surface area (Å²) in [6.45, 7) is 2.09. The van der Waals surface area contributed by atoms with Gasteiger partial charge in [0.05, 0.1) is 5.58 Å². The number of fused-ring (bicyclic) bond motifs is 5. The van der Waals surface area contributed by atoms with Crippen molar-refractivity contribution in [1.82, 2.24) is 0 Å². The molecule has 0 bridgehead atoms. The van der Waals surface area contributed by atoms with Crippen LogP contribution in [0.15, 0.2) is 77.2 Å². The van der Waals surface area contributed by atoms with Crippen molar-refractivity contribution in [3.63, 3.8) is 0 Å². The Labute approximate surface area is 189 Å². The maximum Gasteiger partial charge on any atom is 0.155 e. The van der Waals surface area contributed by atoms with Gasteiger partial charge in [0.15, 0.2) is 6.21 Å². The molecule has 0 spiro atoms. The normalized spacial score (nSPS) is 11.9. The van der Waals surface area contributed by atoms with E-state index >= 15 is 0 Å². The van der Waals surface area contributed by atoms with E-state index in [-0.39, 0.29) is 32.7 Å². The number of nitrogens with zero attached hydrogens (tertiary/aromatic N) is 1. The van der Waals surface area contributed by atoms with Crippen molar-refractivity contribution in [2.45, 2.75) is 6.92 Å². The Morgan fingerprint density at radius 3 is 2.39 bits per heavy atom. The molecule has 0 aliphatic heterocycles. The van der Waals surface area contributed by atoms with E-state index in [4.69, 9.17) is 4.42 Å². The first-order chi connectivity index (χ1) is 13.2. The van der Waals surface area contributed by atoms with Gasteiger partial charge in [0.2, 0.25) is 0 Å². The largest absolute Gasteiger partial charge is 0.499 e. The fraction of sp³-hybridized carbons (Fsp3) is 0.0800. The zero-order chi connectivity index (χ0) is 18.4. The van der Waals surface area contributed by atoms with Crippen LogP contribution in [-0.2, 0) is 32.7 Å². The molecule has 1 aromatic heterocycles. The van der Waals surface area contributed by atoms with E-state index in [0.717, 1.165) is 44.1 Å². The Bertz CT molecular complexity index is 1330. The summed E-state index contributed by atoms with van der Waals surface area (Å²) in [4.78, 5) is 0. The van der Waals surface area contributed by atoms with Crippen molar-refractivity contribution in [1.29, 1.82) is 0 Å². The van der Waals surface area contributed by atoms with Gasteiger partial charge in [0.1, 0.15) is 12.6 Å². The van der Waals surface area contributed by atoms with Gasteiger partial charge >= 0.3 is 0 Å². The summed E-state index contributed by atoms with van der Waals surface area (Å²) in [5, 5.41) is 4.58. The third-order valence-corrected chi connectivity index (χ3v) is 5.07. The molecule has 0 atom stereocenters. The minimum Gasteiger partial charge on any atom is -0.499 e. The molecule has 0 amide bonds. The predicted molar refractivity (Wildman–Crippen MR) is 111 cm³/mol. The second kappa shape index (κ2) is 7.62. The van der Waals surface area contributed by atoms with Crippen molar-refractivity contribution in [2.24, 2.45) is 0 Å². The number of para-hydroxylation sites is 1. The van der Waals surface area contributed by atoms with Crippen LogP contribution in [0, 0.1) is 13.0 Å². The summed E-state index contributed by atoms with van der Waals surface area (Å²) >= 11 is 0. The average molecular weight is 437 g/mol. The molecule has 0 N–H and O–H groups in total. The molecule has 0 saturated carbocycles. The maximum absolute atomic E-state index is 6.42. The van der Waals surface area contributed by atoms with Gasteiger partial charge in [-0.25, -0.2) is 0 Å². The topological polar surface area (TPSA) is 16.1 Å². The van der Waals surface area contributed by atoms with E-state index < -0.39 is 0 Å². The van der Waals surface area contributed by atoms with Crippen molar-refractivity contribution in [3.8, 4) is 0 Å². The molecule has 5 rings (SSSR count).